The second-order valence-corrected chi connectivity index (χ2v) is 8.36. The van der Waals surface area contributed by atoms with E-state index in [4.69, 9.17) is 4.74 Å². The lowest BCUT2D eigenvalue weighted by Crippen LogP contribution is -2.37. The van der Waals surface area contributed by atoms with Crippen LogP contribution in [0.1, 0.15) is 64.8 Å². The fourth-order valence-corrected chi connectivity index (χ4v) is 4.61. The third kappa shape index (κ3) is 3.32. The molecule has 1 N–H and O–H groups in total. The monoisotopic (exact) mass is 291 g/mol. The maximum atomic E-state index is 5.93. The molecule has 1 aromatic rings. The van der Waals surface area contributed by atoms with Crippen LogP contribution in [0.2, 0.25) is 0 Å². The van der Waals surface area contributed by atoms with Crippen molar-refractivity contribution >= 4 is 0 Å². The summed E-state index contributed by atoms with van der Waals surface area (Å²) in [5.74, 6) is 0. The van der Waals surface area contributed by atoms with Crippen LogP contribution in [0.25, 0.3) is 0 Å². The van der Waals surface area contributed by atoms with E-state index in [1.165, 1.54) is 25.0 Å². The molecule has 2 fully saturated rings. The number of hydrogen-bond acceptors (Lipinski definition) is 3. The van der Waals surface area contributed by atoms with Gasteiger partial charge in [0.2, 0.25) is 0 Å². The summed E-state index contributed by atoms with van der Waals surface area (Å²) in [7, 11) is 0. The first-order valence-electron chi connectivity index (χ1n) is 8.20. The highest BCUT2D eigenvalue weighted by Crippen LogP contribution is 2.50. The molecule has 1 aliphatic carbocycles. The Morgan fingerprint density at radius 3 is 2.57 bits per heavy atom. The van der Waals surface area contributed by atoms with Crippen LogP contribution in [0.5, 0.6) is 0 Å². The zero-order chi connectivity index (χ0) is 15.1. The highest BCUT2D eigenvalue weighted by molar-refractivity contribution is 5.08. The van der Waals surface area contributed by atoms with Crippen molar-refractivity contribution in [2.45, 2.75) is 59.1 Å². The van der Waals surface area contributed by atoms with Crippen molar-refractivity contribution in [3.63, 3.8) is 0 Å². The molecule has 0 bridgehead atoms. The minimum Gasteiger partial charge on any atom is -0.369 e. The number of ether oxygens (including phenoxy) is 1. The molecule has 1 atom stereocenters. The average Bonchev–Trinajstić information content (AvgIpc) is 2.85. The summed E-state index contributed by atoms with van der Waals surface area (Å²) >= 11 is 0. The summed E-state index contributed by atoms with van der Waals surface area (Å²) < 4.78 is 8.32. The molecular formula is C17H29N3O. The minimum atomic E-state index is 0.148. The van der Waals surface area contributed by atoms with Crippen LogP contribution in [0.3, 0.4) is 0 Å². The van der Waals surface area contributed by atoms with Crippen LogP contribution >= 0.6 is 0 Å². The number of nitrogens with zero attached hydrogens (tertiary/aromatic N) is 2. The van der Waals surface area contributed by atoms with Gasteiger partial charge in [-0.2, -0.15) is 0 Å². The minimum absolute atomic E-state index is 0.148. The molecule has 21 heavy (non-hydrogen) atoms. The predicted molar refractivity (Wildman–Crippen MR) is 84.2 cm³/mol. The first-order chi connectivity index (χ1) is 9.86. The second-order valence-electron chi connectivity index (χ2n) is 8.36. The van der Waals surface area contributed by atoms with Gasteiger partial charge in [-0.3, -0.25) is 0 Å². The first-order valence-corrected chi connectivity index (χ1v) is 8.20. The molecule has 1 aromatic heterocycles. The van der Waals surface area contributed by atoms with E-state index >= 15 is 0 Å². The van der Waals surface area contributed by atoms with Crippen molar-refractivity contribution in [3.05, 3.63) is 18.2 Å². The Hall–Kier alpha value is -0.870. The SMILES string of the molecule is CC1(C)CC(n2cncc2C2CNCCO2)CC(C)(C)C1. The maximum absolute atomic E-state index is 5.93. The maximum Gasteiger partial charge on any atom is 0.111 e. The summed E-state index contributed by atoms with van der Waals surface area (Å²) in [4.78, 5) is 4.42. The third-order valence-electron chi connectivity index (χ3n) is 4.88. The van der Waals surface area contributed by atoms with Gasteiger partial charge in [-0.25, -0.2) is 4.98 Å². The van der Waals surface area contributed by atoms with E-state index in [0.29, 0.717) is 16.9 Å². The molecule has 3 rings (SSSR count). The van der Waals surface area contributed by atoms with Gasteiger partial charge in [0.15, 0.2) is 0 Å². The molecule has 0 amide bonds. The van der Waals surface area contributed by atoms with E-state index in [-0.39, 0.29) is 6.10 Å². The standard InChI is InChI=1S/C17H29N3O/c1-16(2)7-13(8-17(3,4)11-16)20-12-19-9-14(20)15-10-18-5-6-21-15/h9,12-13,15,18H,5-8,10-11H2,1-4H3. The fraction of sp³-hybridized carbons (Fsp3) is 0.824. The molecule has 4 heteroatoms. The normalized spacial score (nSPS) is 29.4. The van der Waals surface area contributed by atoms with Crippen molar-refractivity contribution in [2.75, 3.05) is 19.7 Å². The smallest absolute Gasteiger partial charge is 0.111 e. The number of morpholine rings is 1. The Labute approximate surface area is 128 Å². The summed E-state index contributed by atoms with van der Waals surface area (Å²) in [6.07, 6.45) is 7.89. The Balaban J connectivity index is 1.85. The topological polar surface area (TPSA) is 39.1 Å². The van der Waals surface area contributed by atoms with E-state index < -0.39 is 0 Å². The number of imidazole rings is 1. The van der Waals surface area contributed by atoms with E-state index in [9.17, 15) is 0 Å². The van der Waals surface area contributed by atoms with Gasteiger partial charge >= 0.3 is 0 Å². The lowest BCUT2D eigenvalue weighted by atomic mass is 9.63. The molecule has 2 heterocycles. The molecule has 0 aromatic carbocycles. The van der Waals surface area contributed by atoms with E-state index in [0.717, 1.165) is 19.7 Å². The van der Waals surface area contributed by atoms with Crippen molar-refractivity contribution in [3.8, 4) is 0 Å². The predicted octanol–water partition coefficient (Wildman–Crippen LogP) is 3.32. The van der Waals surface area contributed by atoms with Gasteiger partial charge in [0.05, 0.1) is 24.8 Å². The van der Waals surface area contributed by atoms with E-state index in [1.54, 1.807) is 0 Å². The molecule has 118 valence electrons. The van der Waals surface area contributed by atoms with Gasteiger partial charge in [0, 0.05) is 19.1 Å². The van der Waals surface area contributed by atoms with Crippen molar-refractivity contribution < 1.29 is 4.74 Å². The molecule has 1 unspecified atom stereocenters. The quantitative estimate of drug-likeness (QED) is 0.908. The third-order valence-corrected chi connectivity index (χ3v) is 4.88. The van der Waals surface area contributed by atoms with Gasteiger partial charge in [-0.05, 0) is 30.1 Å². The number of rotatable bonds is 2. The number of aromatic nitrogens is 2. The van der Waals surface area contributed by atoms with Gasteiger partial charge in [-0.15, -0.1) is 0 Å². The van der Waals surface area contributed by atoms with Crippen LogP contribution in [0.4, 0.5) is 0 Å². The van der Waals surface area contributed by atoms with Gasteiger partial charge in [0.25, 0.3) is 0 Å². The summed E-state index contributed by atoms with van der Waals surface area (Å²) in [6.45, 7) is 12.2. The van der Waals surface area contributed by atoms with E-state index in [1.807, 2.05) is 12.5 Å². The van der Waals surface area contributed by atoms with Crippen molar-refractivity contribution in [2.24, 2.45) is 10.8 Å². The Bertz CT molecular complexity index is 470. The van der Waals surface area contributed by atoms with E-state index in [2.05, 4.69) is 42.6 Å². The van der Waals surface area contributed by atoms with Gasteiger partial charge in [-0.1, -0.05) is 27.7 Å². The molecular weight excluding hydrogens is 262 g/mol. The molecule has 1 aliphatic heterocycles. The Morgan fingerprint density at radius 1 is 1.24 bits per heavy atom. The lowest BCUT2D eigenvalue weighted by Gasteiger charge is -2.46. The largest absolute Gasteiger partial charge is 0.369 e. The molecule has 4 nitrogen and oxygen atoms in total. The van der Waals surface area contributed by atoms with Crippen LogP contribution in [0.15, 0.2) is 12.5 Å². The van der Waals surface area contributed by atoms with Gasteiger partial charge in [0.1, 0.15) is 6.10 Å². The average molecular weight is 291 g/mol. The highest BCUT2D eigenvalue weighted by atomic mass is 16.5. The molecule has 0 spiro atoms. The number of nitrogens with one attached hydrogen (secondary N) is 1. The van der Waals surface area contributed by atoms with Gasteiger partial charge < -0.3 is 14.6 Å². The summed E-state index contributed by atoms with van der Waals surface area (Å²) in [5, 5.41) is 3.42. The van der Waals surface area contributed by atoms with Crippen molar-refractivity contribution in [1.29, 1.82) is 0 Å². The van der Waals surface area contributed by atoms with Crippen LogP contribution in [-0.2, 0) is 4.74 Å². The van der Waals surface area contributed by atoms with Crippen molar-refractivity contribution in [1.82, 2.24) is 14.9 Å². The molecule has 2 aliphatic rings. The van der Waals surface area contributed by atoms with Crippen LogP contribution < -0.4 is 5.32 Å². The van der Waals surface area contributed by atoms with Crippen LogP contribution in [0, 0.1) is 10.8 Å². The first kappa shape index (κ1) is 15.0. The molecule has 0 radical (unpaired) electrons. The Kier molecular flexibility index (Phi) is 3.87. The second kappa shape index (κ2) is 5.40. The summed E-state index contributed by atoms with van der Waals surface area (Å²) in [6, 6.07) is 0.534. The lowest BCUT2D eigenvalue weighted by molar-refractivity contribution is 0.0164. The zero-order valence-electron chi connectivity index (χ0n) is 13.9. The summed E-state index contributed by atoms with van der Waals surface area (Å²) in [5.41, 5.74) is 2.01. The van der Waals surface area contributed by atoms with Crippen LogP contribution in [-0.4, -0.2) is 29.2 Å². The zero-order valence-corrected chi connectivity index (χ0v) is 13.9. The molecule has 1 saturated carbocycles. The molecule has 1 saturated heterocycles. The highest BCUT2D eigenvalue weighted by Gasteiger charge is 2.40. The fourth-order valence-electron chi connectivity index (χ4n) is 4.61. The number of hydrogen-bond donors (Lipinski definition) is 1. The Morgan fingerprint density at radius 2 is 1.95 bits per heavy atom.